The maximum Gasteiger partial charge on any atom is 0.320 e. The lowest BCUT2D eigenvalue weighted by Gasteiger charge is -2.09. The molecule has 0 heterocycles. The van der Waals surface area contributed by atoms with Gasteiger partial charge in [-0.3, -0.25) is 4.79 Å². The molecule has 0 aliphatic carbocycles. The standard InChI is InChI=1S/C15H24N2O3/c16-9-3-1-2-4-10-20-13-7-5-12(6-8-13)11-14(17)15(18)19/h5-8,14H,1-4,9-11,16-17H2,(H,18,19)/t14-/m0/s1. The topological polar surface area (TPSA) is 98.6 Å². The van der Waals surface area contributed by atoms with Gasteiger partial charge in [0.05, 0.1) is 6.61 Å². The third-order valence-corrected chi connectivity index (χ3v) is 3.06. The Labute approximate surface area is 119 Å². The van der Waals surface area contributed by atoms with Crippen LogP contribution in [0.1, 0.15) is 31.2 Å². The highest BCUT2D eigenvalue weighted by atomic mass is 16.5. The molecule has 0 radical (unpaired) electrons. The van der Waals surface area contributed by atoms with E-state index in [0.717, 1.165) is 43.5 Å². The van der Waals surface area contributed by atoms with Gasteiger partial charge >= 0.3 is 5.97 Å². The first-order chi connectivity index (χ1) is 9.63. The lowest BCUT2D eigenvalue weighted by Crippen LogP contribution is -2.32. The molecule has 0 aliphatic heterocycles. The third kappa shape index (κ3) is 6.54. The van der Waals surface area contributed by atoms with Crippen LogP contribution in [0.25, 0.3) is 0 Å². The number of ether oxygens (including phenoxy) is 1. The van der Waals surface area contributed by atoms with Crippen molar-refractivity contribution in [2.45, 2.75) is 38.1 Å². The Balaban J connectivity index is 2.26. The molecule has 0 fully saturated rings. The fourth-order valence-corrected chi connectivity index (χ4v) is 1.85. The van der Waals surface area contributed by atoms with Crippen molar-refractivity contribution in [1.29, 1.82) is 0 Å². The Morgan fingerprint density at radius 2 is 1.80 bits per heavy atom. The molecular weight excluding hydrogens is 256 g/mol. The van der Waals surface area contributed by atoms with Gasteiger partial charge < -0.3 is 21.3 Å². The maximum atomic E-state index is 10.7. The third-order valence-electron chi connectivity index (χ3n) is 3.06. The lowest BCUT2D eigenvalue weighted by atomic mass is 10.1. The number of hydrogen-bond acceptors (Lipinski definition) is 4. The molecule has 1 rings (SSSR count). The molecule has 1 aromatic rings. The predicted molar refractivity (Wildman–Crippen MR) is 78.8 cm³/mol. The second kappa shape index (κ2) is 9.34. The smallest absolute Gasteiger partial charge is 0.320 e. The first-order valence-electron chi connectivity index (χ1n) is 7.03. The van der Waals surface area contributed by atoms with Crippen LogP contribution >= 0.6 is 0 Å². The van der Waals surface area contributed by atoms with Gasteiger partial charge in [0, 0.05) is 0 Å². The van der Waals surface area contributed by atoms with Crippen LogP contribution in [-0.4, -0.2) is 30.3 Å². The molecular formula is C15H24N2O3. The summed E-state index contributed by atoms with van der Waals surface area (Å²) >= 11 is 0. The van der Waals surface area contributed by atoms with E-state index in [1.165, 1.54) is 0 Å². The zero-order chi connectivity index (χ0) is 14.8. The van der Waals surface area contributed by atoms with Crippen molar-refractivity contribution in [3.63, 3.8) is 0 Å². The zero-order valence-electron chi connectivity index (χ0n) is 11.8. The van der Waals surface area contributed by atoms with Gasteiger partial charge in [-0.2, -0.15) is 0 Å². The minimum atomic E-state index is -0.984. The van der Waals surface area contributed by atoms with Crippen molar-refractivity contribution >= 4 is 5.97 Å². The van der Waals surface area contributed by atoms with Gasteiger partial charge in [0.2, 0.25) is 0 Å². The van der Waals surface area contributed by atoms with E-state index in [4.69, 9.17) is 21.3 Å². The number of nitrogens with two attached hydrogens (primary N) is 2. The summed E-state index contributed by atoms with van der Waals surface area (Å²) in [6, 6.07) is 6.55. The lowest BCUT2D eigenvalue weighted by molar-refractivity contribution is -0.138. The number of carbonyl (C=O) groups is 1. The summed E-state index contributed by atoms with van der Waals surface area (Å²) in [6.07, 6.45) is 4.69. The number of aliphatic carboxylic acids is 1. The van der Waals surface area contributed by atoms with Crippen LogP contribution in [-0.2, 0) is 11.2 Å². The number of carboxylic acids is 1. The van der Waals surface area contributed by atoms with Gasteiger partial charge in [0.25, 0.3) is 0 Å². The Hall–Kier alpha value is -1.59. The van der Waals surface area contributed by atoms with E-state index >= 15 is 0 Å². The van der Waals surface area contributed by atoms with E-state index in [1.54, 1.807) is 0 Å². The average molecular weight is 280 g/mol. The van der Waals surface area contributed by atoms with Crippen LogP contribution in [0.5, 0.6) is 5.75 Å². The normalized spacial score (nSPS) is 12.1. The van der Waals surface area contributed by atoms with E-state index < -0.39 is 12.0 Å². The summed E-state index contributed by atoms with van der Waals surface area (Å²) in [5.41, 5.74) is 11.8. The molecule has 5 nitrogen and oxygen atoms in total. The summed E-state index contributed by atoms with van der Waals surface area (Å²) in [7, 11) is 0. The molecule has 5 N–H and O–H groups in total. The summed E-state index contributed by atoms with van der Waals surface area (Å²) < 4.78 is 5.61. The molecule has 0 saturated heterocycles. The van der Waals surface area contributed by atoms with Gasteiger partial charge in [0.15, 0.2) is 0 Å². The largest absolute Gasteiger partial charge is 0.494 e. The highest BCUT2D eigenvalue weighted by Gasteiger charge is 2.11. The molecule has 0 unspecified atom stereocenters. The van der Waals surface area contributed by atoms with Crippen molar-refractivity contribution in [3.8, 4) is 5.75 Å². The Morgan fingerprint density at radius 1 is 1.15 bits per heavy atom. The fraction of sp³-hybridized carbons (Fsp3) is 0.533. The molecule has 5 heteroatoms. The number of benzene rings is 1. The van der Waals surface area contributed by atoms with E-state index in [9.17, 15) is 4.79 Å². The van der Waals surface area contributed by atoms with E-state index in [-0.39, 0.29) is 0 Å². The SMILES string of the molecule is NCCCCCCOc1ccc(C[C@H](N)C(=O)O)cc1. The van der Waals surface area contributed by atoms with Crippen LogP contribution in [0.3, 0.4) is 0 Å². The summed E-state index contributed by atoms with van der Waals surface area (Å²) in [6.45, 7) is 1.44. The van der Waals surface area contributed by atoms with Crippen LogP contribution in [0.15, 0.2) is 24.3 Å². The molecule has 0 aromatic heterocycles. The molecule has 0 bridgehead atoms. The van der Waals surface area contributed by atoms with Gasteiger partial charge in [0.1, 0.15) is 11.8 Å². The first kappa shape index (κ1) is 16.5. The summed E-state index contributed by atoms with van der Waals surface area (Å²) in [5, 5.41) is 8.75. The van der Waals surface area contributed by atoms with E-state index in [1.807, 2.05) is 24.3 Å². The number of rotatable bonds is 10. The van der Waals surface area contributed by atoms with Crippen molar-refractivity contribution in [2.75, 3.05) is 13.2 Å². The van der Waals surface area contributed by atoms with E-state index in [0.29, 0.717) is 13.0 Å². The molecule has 0 saturated carbocycles. The fourth-order valence-electron chi connectivity index (χ4n) is 1.85. The number of unbranched alkanes of at least 4 members (excludes halogenated alkanes) is 3. The van der Waals surface area contributed by atoms with Crippen molar-refractivity contribution in [2.24, 2.45) is 11.5 Å². The minimum absolute atomic E-state index is 0.328. The molecule has 0 aliphatic rings. The Kier molecular flexibility index (Phi) is 7.69. The minimum Gasteiger partial charge on any atom is -0.494 e. The average Bonchev–Trinajstić information content (AvgIpc) is 2.44. The molecule has 1 aromatic carbocycles. The van der Waals surface area contributed by atoms with Crippen molar-refractivity contribution < 1.29 is 14.6 Å². The number of carboxylic acid groups (broad SMARTS) is 1. The first-order valence-corrected chi connectivity index (χ1v) is 7.03. The van der Waals surface area contributed by atoms with Crippen LogP contribution in [0.2, 0.25) is 0 Å². The predicted octanol–water partition coefficient (Wildman–Crippen LogP) is 1.54. The molecule has 1 atom stereocenters. The van der Waals surface area contributed by atoms with Gasteiger partial charge in [-0.15, -0.1) is 0 Å². The highest BCUT2D eigenvalue weighted by molar-refractivity contribution is 5.73. The molecule has 112 valence electrons. The van der Waals surface area contributed by atoms with Gasteiger partial charge in [-0.25, -0.2) is 0 Å². The summed E-state index contributed by atoms with van der Waals surface area (Å²) in [4.78, 5) is 10.7. The zero-order valence-corrected chi connectivity index (χ0v) is 11.8. The Bertz CT molecular complexity index is 393. The monoisotopic (exact) mass is 280 g/mol. The second-order valence-electron chi connectivity index (χ2n) is 4.84. The van der Waals surface area contributed by atoms with Crippen molar-refractivity contribution in [3.05, 3.63) is 29.8 Å². The van der Waals surface area contributed by atoms with E-state index in [2.05, 4.69) is 0 Å². The molecule has 0 spiro atoms. The highest BCUT2D eigenvalue weighted by Crippen LogP contribution is 2.14. The molecule has 0 amide bonds. The quantitative estimate of drug-likeness (QED) is 0.565. The summed E-state index contributed by atoms with van der Waals surface area (Å²) in [5.74, 6) is -0.181. The second-order valence-corrected chi connectivity index (χ2v) is 4.84. The van der Waals surface area contributed by atoms with Crippen LogP contribution in [0.4, 0.5) is 0 Å². The van der Waals surface area contributed by atoms with Gasteiger partial charge in [-0.1, -0.05) is 25.0 Å². The molecule has 20 heavy (non-hydrogen) atoms. The van der Waals surface area contributed by atoms with Crippen LogP contribution < -0.4 is 16.2 Å². The van der Waals surface area contributed by atoms with Crippen molar-refractivity contribution in [1.82, 2.24) is 0 Å². The van der Waals surface area contributed by atoms with Crippen LogP contribution in [0, 0.1) is 0 Å². The number of hydrogen-bond donors (Lipinski definition) is 3. The Morgan fingerprint density at radius 3 is 2.40 bits per heavy atom. The maximum absolute atomic E-state index is 10.7. The van der Waals surface area contributed by atoms with Gasteiger partial charge in [-0.05, 0) is 43.5 Å².